The summed E-state index contributed by atoms with van der Waals surface area (Å²) in [5.74, 6) is 0.114. The largest absolute Gasteiger partial charge is 0.369 e. The number of benzene rings is 2. The third-order valence-electron chi connectivity index (χ3n) is 5.65. The molecule has 0 aliphatic carbocycles. The van der Waals surface area contributed by atoms with E-state index < -0.39 is 5.54 Å². The molecule has 130 valence electrons. The van der Waals surface area contributed by atoms with Crippen LogP contribution in [0, 0.1) is 13.8 Å². The molecular formula is C21H25N3O. The van der Waals surface area contributed by atoms with E-state index >= 15 is 0 Å². The van der Waals surface area contributed by atoms with Gasteiger partial charge < -0.3 is 10.6 Å². The van der Waals surface area contributed by atoms with Crippen LogP contribution in [-0.4, -0.2) is 29.4 Å². The van der Waals surface area contributed by atoms with Gasteiger partial charge in [0, 0.05) is 19.6 Å². The highest BCUT2D eigenvalue weighted by molar-refractivity contribution is 6.06. The molecule has 2 aliphatic rings. The first-order valence-corrected chi connectivity index (χ1v) is 9.03. The number of carbonyl (C=O) groups excluding carboxylic acids is 1. The van der Waals surface area contributed by atoms with Gasteiger partial charge in [-0.2, -0.15) is 0 Å². The Morgan fingerprint density at radius 1 is 1.00 bits per heavy atom. The van der Waals surface area contributed by atoms with E-state index in [1.165, 1.54) is 16.7 Å². The van der Waals surface area contributed by atoms with Gasteiger partial charge in [0.15, 0.2) is 0 Å². The SMILES string of the molecule is Cc1cc2c(cc1C)NC1(CCN(Cc3ccccc3)CC1)C(=O)N2. The second kappa shape index (κ2) is 6.19. The molecule has 2 heterocycles. The number of piperidine rings is 1. The topological polar surface area (TPSA) is 44.4 Å². The Hall–Kier alpha value is -2.33. The molecule has 1 fully saturated rings. The van der Waals surface area contributed by atoms with Crippen molar-refractivity contribution in [2.24, 2.45) is 0 Å². The van der Waals surface area contributed by atoms with Crippen LogP contribution >= 0.6 is 0 Å². The van der Waals surface area contributed by atoms with Gasteiger partial charge in [-0.05, 0) is 55.5 Å². The summed E-state index contributed by atoms with van der Waals surface area (Å²) in [6, 6.07) is 14.8. The zero-order valence-electron chi connectivity index (χ0n) is 14.9. The maximum Gasteiger partial charge on any atom is 0.250 e. The number of likely N-dealkylation sites (tertiary alicyclic amines) is 1. The van der Waals surface area contributed by atoms with Gasteiger partial charge in [0.05, 0.1) is 11.4 Å². The third-order valence-corrected chi connectivity index (χ3v) is 5.65. The molecule has 1 spiro atoms. The van der Waals surface area contributed by atoms with Crippen molar-refractivity contribution >= 4 is 17.3 Å². The molecule has 4 heteroatoms. The summed E-state index contributed by atoms with van der Waals surface area (Å²) in [4.78, 5) is 15.2. The van der Waals surface area contributed by atoms with Crippen LogP contribution in [0.15, 0.2) is 42.5 Å². The molecule has 2 N–H and O–H groups in total. The number of amides is 1. The zero-order chi connectivity index (χ0) is 17.4. The third kappa shape index (κ3) is 3.02. The van der Waals surface area contributed by atoms with Crippen molar-refractivity contribution in [3.63, 3.8) is 0 Å². The first-order chi connectivity index (χ1) is 12.1. The maximum atomic E-state index is 12.8. The monoisotopic (exact) mass is 335 g/mol. The van der Waals surface area contributed by atoms with E-state index in [9.17, 15) is 4.79 Å². The number of fused-ring (bicyclic) bond motifs is 1. The Morgan fingerprint density at radius 3 is 2.32 bits per heavy atom. The van der Waals surface area contributed by atoms with Crippen molar-refractivity contribution < 1.29 is 4.79 Å². The standard InChI is InChI=1S/C21H25N3O/c1-15-12-18-19(13-16(15)2)23-21(20(25)22-18)8-10-24(11-9-21)14-17-6-4-3-5-7-17/h3-7,12-13,23H,8-11,14H2,1-2H3,(H,22,25). The average molecular weight is 335 g/mol. The normalized spacial score (nSPS) is 19.2. The molecule has 0 aromatic heterocycles. The zero-order valence-corrected chi connectivity index (χ0v) is 14.9. The summed E-state index contributed by atoms with van der Waals surface area (Å²) < 4.78 is 0. The molecule has 0 saturated carbocycles. The summed E-state index contributed by atoms with van der Waals surface area (Å²) in [6.45, 7) is 7.00. The Balaban J connectivity index is 1.48. The first-order valence-electron chi connectivity index (χ1n) is 9.03. The Kier molecular flexibility index (Phi) is 4.00. The molecule has 0 bridgehead atoms. The van der Waals surface area contributed by atoms with Crippen LogP contribution < -0.4 is 10.6 Å². The predicted molar refractivity (Wildman–Crippen MR) is 102 cm³/mol. The van der Waals surface area contributed by atoms with Crippen LogP contribution in [0.25, 0.3) is 0 Å². The minimum Gasteiger partial charge on any atom is -0.369 e. The molecule has 4 rings (SSSR count). The van der Waals surface area contributed by atoms with E-state index in [1.807, 2.05) is 6.07 Å². The van der Waals surface area contributed by atoms with Crippen LogP contribution in [0.5, 0.6) is 0 Å². The average Bonchev–Trinajstić information content (AvgIpc) is 2.61. The maximum absolute atomic E-state index is 12.8. The summed E-state index contributed by atoms with van der Waals surface area (Å²) in [5, 5.41) is 6.71. The lowest BCUT2D eigenvalue weighted by atomic mass is 9.84. The van der Waals surface area contributed by atoms with Gasteiger partial charge in [-0.3, -0.25) is 9.69 Å². The van der Waals surface area contributed by atoms with Crippen molar-refractivity contribution in [3.05, 3.63) is 59.2 Å². The fourth-order valence-corrected chi connectivity index (χ4v) is 3.87. The number of anilines is 2. The Labute approximate surface area is 149 Å². The lowest BCUT2D eigenvalue weighted by Crippen LogP contribution is -2.58. The number of carbonyl (C=O) groups is 1. The van der Waals surface area contributed by atoms with Gasteiger partial charge in [-0.25, -0.2) is 0 Å². The number of nitrogens with one attached hydrogen (secondary N) is 2. The van der Waals surface area contributed by atoms with Crippen molar-refractivity contribution in [2.75, 3.05) is 23.7 Å². The van der Waals surface area contributed by atoms with Crippen LogP contribution in [0.4, 0.5) is 11.4 Å². The van der Waals surface area contributed by atoms with Crippen LogP contribution in [0.3, 0.4) is 0 Å². The second-order valence-corrected chi connectivity index (χ2v) is 7.41. The lowest BCUT2D eigenvalue weighted by Gasteiger charge is -2.44. The smallest absolute Gasteiger partial charge is 0.250 e. The second-order valence-electron chi connectivity index (χ2n) is 7.41. The van der Waals surface area contributed by atoms with E-state index in [1.54, 1.807) is 0 Å². The highest BCUT2D eigenvalue weighted by atomic mass is 16.2. The quantitative estimate of drug-likeness (QED) is 0.879. The summed E-state index contributed by atoms with van der Waals surface area (Å²) >= 11 is 0. The van der Waals surface area contributed by atoms with E-state index in [4.69, 9.17) is 0 Å². The number of aryl methyl sites for hydroxylation is 2. The van der Waals surface area contributed by atoms with E-state index in [2.05, 4.69) is 65.8 Å². The van der Waals surface area contributed by atoms with Crippen molar-refractivity contribution in [2.45, 2.75) is 38.8 Å². The molecule has 2 aliphatic heterocycles. The molecule has 1 saturated heterocycles. The van der Waals surface area contributed by atoms with Gasteiger partial charge in [0.1, 0.15) is 5.54 Å². The van der Waals surface area contributed by atoms with Gasteiger partial charge in [-0.15, -0.1) is 0 Å². The molecule has 1 amide bonds. The van der Waals surface area contributed by atoms with Crippen molar-refractivity contribution in [1.29, 1.82) is 0 Å². The molecular weight excluding hydrogens is 310 g/mol. The van der Waals surface area contributed by atoms with Gasteiger partial charge in [-0.1, -0.05) is 30.3 Å². The molecule has 2 aromatic rings. The fourth-order valence-electron chi connectivity index (χ4n) is 3.87. The van der Waals surface area contributed by atoms with Gasteiger partial charge >= 0.3 is 0 Å². The Morgan fingerprint density at radius 2 is 1.64 bits per heavy atom. The van der Waals surface area contributed by atoms with E-state index in [-0.39, 0.29) is 5.91 Å². The molecule has 0 atom stereocenters. The lowest BCUT2D eigenvalue weighted by molar-refractivity contribution is -0.122. The van der Waals surface area contributed by atoms with Gasteiger partial charge in [0.25, 0.3) is 0 Å². The van der Waals surface area contributed by atoms with E-state index in [0.717, 1.165) is 43.9 Å². The number of hydrogen-bond acceptors (Lipinski definition) is 3. The minimum atomic E-state index is -0.470. The van der Waals surface area contributed by atoms with Gasteiger partial charge in [0.2, 0.25) is 5.91 Å². The van der Waals surface area contributed by atoms with Crippen molar-refractivity contribution in [3.8, 4) is 0 Å². The summed E-state index contributed by atoms with van der Waals surface area (Å²) in [5.41, 5.74) is 5.27. The molecule has 2 aromatic carbocycles. The number of hydrogen-bond donors (Lipinski definition) is 2. The highest BCUT2D eigenvalue weighted by Crippen LogP contribution is 2.38. The highest BCUT2D eigenvalue weighted by Gasteiger charge is 2.44. The summed E-state index contributed by atoms with van der Waals surface area (Å²) in [7, 11) is 0. The number of nitrogens with zero attached hydrogens (tertiary/aromatic N) is 1. The molecule has 25 heavy (non-hydrogen) atoms. The predicted octanol–water partition coefficient (Wildman–Crippen LogP) is 3.70. The molecule has 0 radical (unpaired) electrons. The van der Waals surface area contributed by atoms with Crippen LogP contribution in [0.1, 0.15) is 29.5 Å². The van der Waals surface area contributed by atoms with E-state index in [0.29, 0.717) is 0 Å². The summed E-state index contributed by atoms with van der Waals surface area (Å²) in [6.07, 6.45) is 1.66. The minimum absolute atomic E-state index is 0.114. The first kappa shape index (κ1) is 16.2. The van der Waals surface area contributed by atoms with Crippen molar-refractivity contribution in [1.82, 2.24) is 4.90 Å². The Bertz CT molecular complexity index is 792. The van der Waals surface area contributed by atoms with Crippen LogP contribution in [0.2, 0.25) is 0 Å². The molecule has 4 nitrogen and oxygen atoms in total. The molecule has 0 unspecified atom stereocenters. The van der Waals surface area contributed by atoms with Crippen LogP contribution in [-0.2, 0) is 11.3 Å². The number of rotatable bonds is 2. The fraction of sp³-hybridized carbons (Fsp3) is 0.381.